The van der Waals surface area contributed by atoms with E-state index in [0.29, 0.717) is 17.5 Å². The van der Waals surface area contributed by atoms with Gasteiger partial charge in [-0.05, 0) is 30.5 Å². The normalized spacial score (nSPS) is 12.9. The Labute approximate surface area is 82.4 Å². The number of hydrogen-bond donors (Lipinski definition) is 1. The van der Waals surface area contributed by atoms with Crippen molar-refractivity contribution in [2.75, 3.05) is 0 Å². The molecule has 0 heterocycles. The molecule has 0 aliphatic rings. The Morgan fingerprint density at radius 3 is 2.29 bits per heavy atom. The highest BCUT2D eigenvalue weighted by Gasteiger charge is 2.10. The van der Waals surface area contributed by atoms with E-state index in [1.807, 2.05) is 6.92 Å². The summed E-state index contributed by atoms with van der Waals surface area (Å²) >= 11 is 0. The maximum Gasteiger partial charge on any atom is 0.129 e. The summed E-state index contributed by atoms with van der Waals surface area (Å²) in [6.07, 6.45) is 0.137. The van der Waals surface area contributed by atoms with Gasteiger partial charge in [0.1, 0.15) is 11.6 Å². The fourth-order valence-electron chi connectivity index (χ4n) is 1.39. The molecule has 0 amide bonds. The zero-order valence-corrected chi connectivity index (χ0v) is 8.35. The summed E-state index contributed by atoms with van der Waals surface area (Å²) in [6.45, 7) is 3.39. The fraction of sp³-hybridized carbons (Fsp3) is 0.455. The van der Waals surface area contributed by atoms with E-state index in [-0.39, 0.29) is 6.42 Å². The van der Waals surface area contributed by atoms with Crippen molar-refractivity contribution >= 4 is 0 Å². The predicted octanol–water partition coefficient (Wildman–Crippen LogP) is 2.45. The Bertz CT molecular complexity index is 321. The van der Waals surface area contributed by atoms with Crippen LogP contribution in [0, 0.1) is 11.6 Å². The zero-order chi connectivity index (χ0) is 10.7. The average molecular weight is 200 g/mol. The second kappa shape index (κ2) is 4.51. The van der Waals surface area contributed by atoms with Crippen LogP contribution in [0.1, 0.15) is 25.0 Å². The number of benzene rings is 1. The molecule has 0 saturated carbocycles. The smallest absolute Gasteiger partial charge is 0.129 e. The predicted molar refractivity (Wildman–Crippen MR) is 51.1 cm³/mol. The second-order valence-electron chi connectivity index (χ2n) is 3.44. The number of aliphatic hydroxyl groups excluding tert-OH is 1. The van der Waals surface area contributed by atoms with Crippen molar-refractivity contribution < 1.29 is 13.9 Å². The van der Waals surface area contributed by atoms with Gasteiger partial charge in [0.2, 0.25) is 0 Å². The number of rotatable bonds is 3. The van der Waals surface area contributed by atoms with E-state index in [2.05, 4.69) is 0 Å². The first-order chi connectivity index (χ1) is 6.54. The van der Waals surface area contributed by atoms with Gasteiger partial charge in [-0.1, -0.05) is 6.92 Å². The van der Waals surface area contributed by atoms with Crippen LogP contribution in [0.15, 0.2) is 12.1 Å². The van der Waals surface area contributed by atoms with Gasteiger partial charge in [0.15, 0.2) is 0 Å². The molecular weight excluding hydrogens is 186 g/mol. The Morgan fingerprint density at radius 2 is 1.79 bits per heavy atom. The van der Waals surface area contributed by atoms with E-state index in [1.54, 1.807) is 6.92 Å². The summed E-state index contributed by atoms with van der Waals surface area (Å²) in [4.78, 5) is 0. The van der Waals surface area contributed by atoms with Crippen molar-refractivity contribution in [1.82, 2.24) is 0 Å². The average Bonchev–Trinajstić information content (AvgIpc) is 2.09. The monoisotopic (exact) mass is 200 g/mol. The van der Waals surface area contributed by atoms with Gasteiger partial charge in [-0.3, -0.25) is 0 Å². The second-order valence-corrected chi connectivity index (χ2v) is 3.44. The third kappa shape index (κ3) is 2.51. The van der Waals surface area contributed by atoms with Gasteiger partial charge in [0.05, 0.1) is 6.10 Å². The van der Waals surface area contributed by atoms with Crippen LogP contribution in [-0.2, 0) is 12.8 Å². The number of aliphatic hydroxyl groups is 1. The van der Waals surface area contributed by atoms with Gasteiger partial charge in [-0.25, -0.2) is 8.78 Å². The van der Waals surface area contributed by atoms with Crippen molar-refractivity contribution in [1.29, 1.82) is 0 Å². The lowest BCUT2D eigenvalue weighted by Gasteiger charge is -2.08. The topological polar surface area (TPSA) is 20.2 Å². The quantitative estimate of drug-likeness (QED) is 0.794. The Morgan fingerprint density at radius 1 is 1.21 bits per heavy atom. The van der Waals surface area contributed by atoms with Crippen LogP contribution in [0.3, 0.4) is 0 Å². The molecule has 0 radical (unpaired) electrons. The highest BCUT2D eigenvalue weighted by atomic mass is 19.1. The molecule has 3 heteroatoms. The van der Waals surface area contributed by atoms with Gasteiger partial charge < -0.3 is 5.11 Å². The molecule has 14 heavy (non-hydrogen) atoms. The van der Waals surface area contributed by atoms with Crippen LogP contribution in [0.2, 0.25) is 0 Å². The first kappa shape index (κ1) is 11.1. The molecule has 0 spiro atoms. The van der Waals surface area contributed by atoms with E-state index < -0.39 is 17.7 Å². The molecule has 0 saturated heterocycles. The van der Waals surface area contributed by atoms with Crippen LogP contribution in [0.25, 0.3) is 0 Å². The van der Waals surface area contributed by atoms with Gasteiger partial charge in [-0.15, -0.1) is 0 Å². The number of hydrogen-bond acceptors (Lipinski definition) is 1. The summed E-state index contributed by atoms with van der Waals surface area (Å²) in [5, 5.41) is 9.10. The summed E-state index contributed by atoms with van der Waals surface area (Å²) in [6, 6.07) is 2.37. The summed E-state index contributed by atoms with van der Waals surface area (Å²) in [7, 11) is 0. The van der Waals surface area contributed by atoms with E-state index in [9.17, 15) is 8.78 Å². The van der Waals surface area contributed by atoms with Crippen LogP contribution in [-0.4, -0.2) is 11.2 Å². The van der Waals surface area contributed by atoms with E-state index in [0.717, 1.165) is 6.07 Å². The van der Waals surface area contributed by atoms with Crippen molar-refractivity contribution in [3.05, 3.63) is 34.9 Å². The van der Waals surface area contributed by atoms with Crippen molar-refractivity contribution in [3.63, 3.8) is 0 Å². The van der Waals surface area contributed by atoms with Gasteiger partial charge >= 0.3 is 0 Å². The number of halogens is 2. The molecule has 0 aliphatic heterocycles. The molecule has 1 unspecified atom stereocenters. The minimum Gasteiger partial charge on any atom is -0.393 e. The highest BCUT2D eigenvalue weighted by molar-refractivity contribution is 5.27. The van der Waals surface area contributed by atoms with E-state index in [4.69, 9.17) is 5.11 Å². The Hall–Kier alpha value is -0.960. The Balaban J connectivity index is 3.04. The molecule has 1 atom stereocenters. The lowest BCUT2D eigenvalue weighted by atomic mass is 10.0. The van der Waals surface area contributed by atoms with Crippen molar-refractivity contribution in [2.45, 2.75) is 32.8 Å². The van der Waals surface area contributed by atoms with Crippen molar-refractivity contribution in [2.24, 2.45) is 0 Å². The maximum absolute atomic E-state index is 13.2. The first-order valence-electron chi connectivity index (χ1n) is 4.69. The summed E-state index contributed by atoms with van der Waals surface area (Å²) < 4.78 is 26.2. The van der Waals surface area contributed by atoms with Crippen LogP contribution >= 0.6 is 0 Å². The summed E-state index contributed by atoms with van der Waals surface area (Å²) in [5.41, 5.74) is 0.861. The van der Waals surface area contributed by atoms with Crippen LogP contribution in [0.5, 0.6) is 0 Å². The van der Waals surface area contributed by atoms with E-state index in [1.165, 1.54) is 6.07 Å². The molecule has 0 bridgehead atoms. The molecule has 0 aliphatic carbocycles. The van der Waals surface area contributed by atoms with Crippen molar-refractivity contribution in [3.8, 4) is 0 Å². The molecular formula is C11H14F2O. The Kier molecular flexibility index (Phi) is 3.58. The summed E-state index contributed by atoms with van der Waals surface area (Å²) in [5.74, 6) is -1.10. The largest absolute Gasteiger partial charge is 0.393 e. The van der Waals surface area contributed by atoms with Crippen LogP contribution < -0.4 is 0 Å². The molecule has 78 valence electrons. The minimum atomic E-state index is -0.611. The first-order valence-corrected chi connectivity index (χ1v) is 4.69. The number of aryl methyl sites for hydroxylation is 1. The highest BCUT2D eigenvalue weighted by Crippen LogP contribution is 2.16. The van der Waals surface area contributed by atoms with Gasteiger partial charge in [0.25, 0.3) is 0 Å². The molecule has 1 N–H and O–H groups in total. The molecule has 0 aromatic heterocycles. The third-order valence-electron chi connectivity index (χ3n) is 2.11. The fourth-order valence-corrected chi connectivity index (χ4v) is 1.39. The molecule has 1 aromatic rings. The SMILES string of the molecule is CCc1cc(CC(C)O)c(F)cc1F. The van der Waals surface area contributed by atoms with Crippen LogP contribution in [0.4, 0.5) is 8.78 Å². The minimum absolute atomic E-state index is 0.221. The van der Waals surface area contributed by atoms with E-state index >= 15 is 0 Å². The maximum atomic E-state index is 13.2. The standard InChI is InChI=1S/C11H14F2O/c1-3-8-5-9(4-7(2)14)11(13)6-10(8)12/h5-7,14H,3-4H2,1-2H3. The lowest BCUT2D eigenvalue weighted by molar-refractivity contribution is 0.194. The molecule has 1 aromatic carbocycles. The zero-order valence-electron chi connectivity index (χ0n) is 8.35. The van der Waals surface area contributed by atoms with Gasteiger partial charge in [0, 0.05) is 12.5 Å². The molecule has 0 fully saturated rings. The molecule has 1 rings (SSSR count). The lowest BCUT2D eigenvalue weighted by Crippen LogP contribution is -2.07. The third-order valence-corrected chi connectivity index (χ3v) is 2.11. The molecule has 1 nitrogen and oxygen atoms in total. The van der Waals surface area contributed by atoms with Gasteiger partial charge in [-0.2, -0.15) is 0 Å².